The van der Waals surface area contributed by atoms with Crippen molar-refractivity contribution in [1.29, 1.82) is 0 Å². The number of rotatable bonds is 7. The Kier molecular flexibility index (Phi) is 5.86. The molecule has 0 spiro atoms. The second-order valence-corrected chi connectivity index (χ2v) is 6.55. The third-order valence-electron chi connectivity index (χ3n) is 4.64. The van der Waals surface area contributed by atoms with Crippen LogP contribution in [0.15, 0.2) is 61.1 Å². The van der Waals surface area contributed by atoms with Gasteiger partial charge in [-0.15, -0.1) is 0 Å². The predicted octanol–water partition coefficient (Wildman–Crippen LogP) is 3.52. The molecule has 0 unspecified atom stereocenters. The second-order valence-electron chi connectivity index (χ2n) is 6.55. The minimum absolute atomic E-state index is 0.0150. The highest BCUT2D eigenvalue weighted by Crippen LogP contribution is 2.21. The molecule has 0 aliphatic carbocycles. The van der Waals surface area contributed by atoms with Gasteiger partial charge in [0.25, 0.3) is 5.91 Å². The van der Waals surface area contributed by atoms with E-state index in [4.69, 9.17) is 0 Å². The van der Waals surface area contributed by atoms with Crippen molar-refractivity contribution in [2.75, 3.05) is 25.5 Å². The van der Waals surface area contributed by atoms with E-state index in [-0.39, 0.29) is 5.91 Å². The first-order chi connectivity index (χ1) is 13.1. The highest BCUT2D eigenvalue weighted by atomic mass is 16.2. The van der Waals surface area contributed by atoms with Gasteiger partial charge >= 0.3 is 0 Å². The van der Waals surface area contributed by atoms with E-state index in [1.807, 2.05) is 74.6 Å². The minimum Gasteiger partial charge on any atom is -0.342 e. The van der Waals surface area contributed by atoms with Crippen LogP contribution < -0.4 is 4.90 Å². The van der Waals surface area contributed by atoms with Crippen LogP contribution in [-0.4, -0.2) is 46.0 Å². The van der Waals surface area contributed by atoms with Gasteiger partial charge in [-0.25, -0.2) is 9.97 Å². The lowest BCUT2D eigenvalue weighted by atomic mass is 10.2. The maximum absolute atomic E-state index is 12.6. The number of nitrogens with zero attached hydrogens (tertiary/aromatic N) is 5. The lowest BCUT2D eigenvalue weighted by Gasteiger charge is -2.20. The summed E-state index contributed by atoms with van der Waals surface area (Å²) in [6.45, 7) is 3.51. The molecule has 27 heavy (non-hydrogen) atoms. The van der Waals surface area contributed by atoms with Gasteiger partial charge in [-0.2, -0.15) is 0 Å². The molecule has 0 fully saturated rings. The average molecular weight is 363 g/mol. The van der Waals surface area contributed by atoms with Crippen LogP contribution in [0.4, 0.5) is 11.5 Å². The molecule has 0 N–H and O–H groups in total. The lowest BCUT2D eigenvalue weighted by Crippen LogP contribution is -2.28. The van der Waals surface area contributed by atoms with Crippen LogP contribution in [0.1, 0.15) is 22.6 Å². The van der Waals surface area contributed by atoms with E-state index in [9.17, 15) is 4.79 Å². The second kappa shape index (κ2) is 8.49. The zero-order valence-corrected chi connectivity index (χ0v) is 16.0. The minimum atomic E-state index is -0.0150. The molecule has 3 rings (SSSR count). The number of carbonyl (C=O) groups excluding carboxylic acids is 1. The number of benzene rings is 1. The molecule has 6 heteroatoms. The Morgan fingerprint density at radius 2 is 1.85 bits per heavy atom. The van der Waals surface area contributed by atoms with E-state index in [0.717, 1.165) is 30.3 Å². The predicted molar refractivity (Wildman–Crippen MR) is 107 cm³/mol. The number of anilines is 2. The molecule has 2 heterocycles. The Morgan fingerprint density at radius 1 is 1.07 bits per heavy atom. The summed E-state index contributed by atoms with van der Waals surface area (Å²) in [6, 6.07) is 13.7. The first-order valence-corrected chi connectivity index (χ1v) is 9.04. The zero-order chi connectivity index (χ0) is 19.2. The van der Waals surface area contributed by atoms with Gasteiger partial charge in [-0.3, -0.25) is 4.79 Å². The summed E-state index contributed by atoms with van der Waals surface area (Å²) in [7, 11) is 3.79. The first kappa shape index (κ1) is 18.6. The lowest BCUT2D eigenvalue weighted by molar-refractivity contribution is 0.0791. The smallest absolute Gasteiger partial charge is 0.255 e. The Morgan fingerprint density at radius 3 is 2.48 bits per heavy atom. The van der Waals surface area contributed by atoms with E-state index in [0.29, 0.717) is 12.1 Å². The molecule has 0 aliphatic rings. The van der Waals surface area contributed by atoms with Crippen LogP contribution >= 0.6 is 0 Å². The Bertz CT molecular complexity index is 873. The highest BCUT2D eigenvalue weighted by molar-refractivity contribution is 5.94. The standard InChI is InChI=1S/C21H25N5O/c1-17-22-12-15-26(17)14-7-13-24(2)21(27)18-10-11-20(23-16-18)25(3)19-8-5-4-6-9-19/h4-6,8-12,15-16H,7,13-14H2,1-3H3. The maximum Gasteiger partial charge on any atom is 0.255 e. The van der Waals surface area contributed by atoms with Crippen molar-refractivity contribution in [1.82, 2.24) is 19.4 Å². The van der Waals surface area contributed by atoms with Gasteiger partial charge in [0.15, 0.2) is 0 Å². The molecule has 140 valence electrons. The Labute approximate surface area is 160 Å². The number of amides is 1. The fourth-order valence-corrected chi connectivity index (χ4v) is 2.94. The Balaban J connectivity index is 1.57. The van der Waals surface area contributed by atoms with Crippen LogP contribution in [-0.2, 0) is 6.54 Å². The van der Waals surface area contributed by atoms with E-state index < -0.39 is 0 Å². The quantitative estimate of drug-likeness (QED) is 0.644. The number of para-hydroxylation sites is 1. The molecule has 6 nitrogen and oxygen atoms in total. The SMILES string of the molecule is Cc1nccn1CCCN(C)C(=O)c1ccc(N(C)c2ccccc2)nc1. The number of hydrogen-bond donors (Lipinski definition) is 0. The molecule has 3 aromatic rings. The molecule has 0 saturated carbocycles. The normalized spacial score (nSPS) is 10.6. The van der Waals surface area contributed by atoms with Gasteiger partial charge < -0.3 is 14.4 Å². The van der Waals surface area contributed by atoms with Crippen molar-refractivity contribution in [2.45, 2.75) is 19.9 Å². The number of pyridine rings is 1. The molecule has 1 aromatic carbocycles. The molecule has 0 aliphatic heterocycles. The first-order valence-electron chi connectivity index (χ1n) is 9.04. The molecular weight excluding hydrogens is 338 g/mol. The number of carbonyl (C=O) groups is 1. The monoisotopic (exact) mass is 363 g/mol. The summed E-state index contributed by atoms with van der Waals surface area (Å²) in [5.41, 5.74) is 1.65. The third kappa shape index (κ3) is 4.53. The molecule has 0 saturated heterocycles. The van der Waals surface area contributed by atoms with Gasteiger partial charge in [0.05, 0.1) is 5.56 Å². The number of hydrogen-bond acceptors (Lipinski definition) is 4. The zero-order valence-electron chi connectivity index (χ0n) is 16.0. The largest absolute Gasteiger partial charge is 0.342 e. The number of imidazole rings is 1. The summed E-state index contributed by atoms with van der Waals surface area (Å²) >= 11 is 0. The molecular formula is C21H25N5O. The summed E-state index contributed by atoms with van der Waals surface area (Å²) in [6.07, 6.45) is 6.28. The topological polar surface area (TPSA) is 54.3 Å². The summed E-state index contributed by atoms with van der Waals surface area (Å²) < 4.78 is 2.09. The fraction of sp³-hybridized carbons (Fsp3) is 0.286. The summed E-state index contributed by atoms with van der Waals surface area (Å²) in [5.74, 6) is 1.78. The molecule has 0 radical (unpaired) electrons. The van der Waals surface area contributed by atoms with Crippen LogP contribution in [0.25, 0.3) is 0 Å². The molecule has 2 aromatic heterocycles. The number of aryl methyl sites for hydroxylation is 2. The van der Waals surface area contributed by atoms with Gasteiger partial charge in [0.1, 0.15) is 11.6 Å². The fourth-order valence-electron chi connectivity index (χ4n) is 2.94. The average Bonchev–Trinajstić information content (AvgIpc) is 3.12. The van der Waals surface area contributed by atoms with Crippen LogP contribution in [0.3, 0.4) is 0 Å². The molecule has 1 amide bonds. The van der Waals surface area contributed by atoms with Crippen molar-refractivity contribution < 1.29 is 4.79 Å². The maximum atomic E-state index is 12.6. The summed E-state index contributed by atoms with van der Waals surface area (Å²) in [4.78, 5) is 25.0. The van der Waals surface area contributed by atoms with Gasteiger partial charge in [0.2, 0.25) is 0 Å². The van der Waals surface area contributed by atoms with Crippen LogP contribution in [0, 0.1) is 6.92 Å². The molecule has 0 bridgehead atoms. The van der Waals surface area contributed by atoms with Crippen LogP contribution in [0.5, 0.6) is 0 Å². The van der Waals surface area contributed by atoms with Gasteiger partial charge in [-0.1, -0.05) is 18.2 Å². The van der Waals surface area contributed by atoms with Crippen molar-refractivity contribution in [3.05, 3.63) is 72.4 Å². The van der Waals surface area contributed by atoms with Crippen LogP contribution in [0.2, 0.25) is 0 Å². The van der Waals surface area contributed by atoms with E-state index >= 15 is 0 Å². The Hall–Kier alpha value is -3.15. The van der Waals surface area contributed by atoms with Crippen molar-refractivity contribution >= 4 is 17.4 Å². The van der Waals surface area contributed by atoms with Gasteiger partial charge in [-0.05, 0) is 37.6 Å². The number of aromatic nitrogens is 3. The van der Waals surface area contributed by atoms with E-state index in [1.165, 1.54) is 0 Å². The van der Waals surface area contributed by atoms with Crippen molar-refractivity contribution in [3.8, 4) is 0 Å². The summed E-state index contributed by atoms with van der Waals surface area (Å²) in [5, 5.41) is 0. The van der Waals surface area contributed by atoms with Gasteiger partial charge in [0, 0.05) is 51.5 Å². The van der Waals surface area contributed by atoms with Crippen molar-refractivity contribution in [2.24, 2.45) is 0 Å². The highest BCUT2D eigenvalue weighted by Gasteiger charge is 2.13. The van der Waals surface area contributed by atoms with E-state index in [1.54, 1.807) is 17.3 Å². The van der Waals surface area contributed by atoms with Crippen molar-refractivity contribution in [3.63, 3.8) is 0 Å². The third-order valence-corrected chi connectivity index (χ3v) is 4.64. The molecule has 0 atom stereocenters. The van der Waals surface area contributed by atoms with E-state index in [2.05, 4.69) is 14.5 Å².